The summed E-state index contributed by atoms with van der Waals surface area (Å²) in [5, 5.41) is 4.00. The molecule has 1 aromatic rings. The van der Waals surface area contributed by atoms with Crippen LogP contribution in [0, 0.1) is 5.92 Å². The van der Waals surface area contributed by atoms with Gasteiger partial charge in [-0.2, -0.15) is 0 Å². The average Bonchev–Trinajstić information content (AvgIpc) is 2.60. The van der Waals surface area contributed by atoms with Crippen molar-refractivity contribution in [3.05, 3.63) is 24.2 Å². The van der Waals surface area contributed by atoms with Crippen molar-refractivity contribution < 1.29 is 4.43 Å². The van der Waals surface area contributed by atoms with Gasteiger partial charge in [-0.15, -0.1) is 0 Å². The Morgan fingerprint density at radius 2 is 1.93 bits per heavy atom. The molecule has 0 bridgehead atoms. The molecule has 1 fully saturated rings. The van der Waals surface area contributed by atoms with Gasteiger partial charge in [0.1, 0.15) is 11.5 Å². The van der Waals surface area contributed by atoms with Crippen molar-refractivity contribution in [2.45, 2.75) is 103 Å². The lowest BCUT2D eigenvalue weighted by Crippen LogP contribution is -2.52. The number of hydrogen-bond donors (Lipinski definition) is 1. The number of nitrogens with zero attached hydrogens (tertiary/aromatic N) is 3. The molecule has 0 unspecified atom stereocenters. The molecule has 3 rings (SSSR count). The summed E-state index contributed by atoms with van der Waals surface area (Å²) in [6, 6.07) is 0.910. The predicted octanol–water partition coefficient (Wildman–Crippen LogP) is 5.60. The Hall–Kier alpha value is -1.40. The van der Waals surface area contributed by atoms with Crippen molar-refractivity contribution in [1.82, 2.24) is 15.3 Å². The third-order valence-electron chi connectivity index (χ3n) is 7.20. The van der Waals surface area contributed by atoms with Gasteiger partial charge < -0.3 is 14.6 Å². The highest BCUT2D eigenvalue weighted by Gasteiger charge is 2.41. The molecule has 1 aliphatic carbocycles. The molecule has 0 radical (unpaired) electrons. The quantitative estimate of drug-likeness (QED) is 0.570. The monoisotopic (exact) mass is 430 g/mol. The number of hydrogen-bond acceptors (Lipinski definition) is 5. The van der Waals surface area contributed by atoms with Gasteiger partial charge in [0.05, 0.1) is 30.2 Å². The Bertz CT molecular complexity index is 752. The van der Waals surface area contributed by atoms with Crippen molar-refractivity contribution >= 4 is 19.8 Å². The first-order chi connectivity index (χ1) is 14.0. The molecule has 1 saturated carbocycles. The average molecular weight is 431 g/mol. The summed E-state index contributed by atoms with van der Waals surface area (Å²) in [7, 11) is 0.319. The fourth-order valence-electron chi connectivity index (χ4n) is 3.95. The smallest absolute Gasteiger partial charge is 0.192 e. The zero-order chi connectivity index (χ0) is 22.1. The maximum Gasteiger partial charge on any atom is 0.192 e. The second-order valence-electron chi connectivity index (χ2n) is 11.1. The van der Waals surface area contributed by atoms with E-state index in [-0.39, 0.29) is 11.1 Å². The van der Waals surface area contributed by atoms with Crippen molar-refractivity contribution in [1.29, 1.82) is 0 Å². The molecule has 2 aliphatic rings. The number of rotatable bonds is 7. The molecule has 0 amide bonds. The van der Waals surface area contributed by atoms with E-state index < -0.39 is 8.32 Å². The van der Waals surface area contributed by atoms with E-state index in [0.29, 0.717) is 18.0 Å². The molecule has 6 heteroatoms. The first kappa shape index (κ1) is 23.3. The number of nitrogens with one attached hydrogen (secondary N) is 1. The zero-order valence-corrected chi connectivity index (χ0v) is 21.3. The first-order valence-electron chi connectivity index (χ1n) is 11.7. The van der Waals surface area contributed by atoms with Crippen LogP contribution in [0.2, 0.25) is 18.1 Å². The van der Waals surface area contributed by atoms with Gasteiger partial charge in [0, 0.05) is 13.1 Å². The van der Waals surface area contributed by atoms with Crippen LogP contribution in [0.15, 0.2) is 18.5 Å². The minimum absolute atomic E-state index is 0.214. The van der Waals surface area contributed by atoms with Gasteiger partial charge in [0.25, 0.3) is 0 Å². The third kappa shape index (κ3) is 5.25. The molecule has 1 aromatic heterocycles. The molecule has 2 atom stereocenters. The van der Waals surface area contributed by atoms with Crippen LogP contribution in [0.1, 0.15) is 72.4 Å². The summed E-state index contributed by atoms with van der Waals surface area (Å²) in [6.45, 7) is 16.2. The van der Waals surface area contributed by atoms with Gasteiger partial charge in [-0.25, -0.2) is 4.98 Å². The van der Waals surface area contributed by atoms with Crippen molar-refractivity contribution in [3.8, 4) is 0 Å². The first-order valence-corrected chi connectivity index (χ1v) is 14.6. The highest BCUT2D eigenvalue weighted by Crippen LogP contribution is 2.39. The van der Waals surface area contributed by atoms with Crippen LogP contribution in [0.3, 0.4) is 0 Å². The van der Waals surface area contributed by atoms with Crippen molar-refractivity contribution in [2.75, 3.05) is 11.9 Å². The van der Waals surface area contributed by atoms with E-state index in [2.05, 4.69) is 76.0 Å². The van der Waals surface area contributed by atoms with Crippen LogP contribution in [-0.2, 0) is 4.43 Å². The maximum absolute atomic E-state index is 6.84. The van der Waals surface area contributed by atoms with E-state index in [1.165, 1.54) is 19.3 Å². The second-order valence-corrected chi connectivity index (χ2v) is 15.9. The Kier molecular flexibility index (Phi) is 6.97. The van der Waals surface area contributed by atoms with Crippen LogP contribution in [0.25, 0.3) is 5.70 Å². The molecule has 1 N–H and O–H groups in total. The summed E-state index contributed by atoms with van der Waals surface area (Å²) in [5.41, 5.74) is 2.05. The molecule has 30 heavy (non-hydrogen) atoms. The molecule has 0 spiro atoms. The van der Waals surface area contributed by atoms with E-state index in [1.54, 1.807) is 0 Å². The van der Waals surface area contributed by atoms with E-state index in [0.717, 1.165) is 30.1 Å². The molecule has 2 heterocycles. The van der Waals surface area contributed by atoms with Gasteiger partial charge in [-0.05, 0) is 56.2 Å². The van der Waals surface area contributed by atoms with E-state index >= 15 is 0 Å². The van der Waals surface area contributed by atoms with Gasteiger partial charge in [0.2, 0.25) is 0 Å². The summed E-state index contributed by atoms with van der Waals surface area (Å²) in [5.74, 6) is 1.58. The lowest BCUT2D eigenvalue weighted by molar-refractivity contribution is 0.129. The number of aromatic nitrogens is 2. The largest absolute Gasteiger partial charge is 0.412 e. The Morgan fingerprint density at radius 1 is 1.23 bits per heavy atom. The molecular formula is C24H42N4OSi. The van der Waals surface area contributed by atoms with Gasteiger partial charge >= 0.3 is 0 Å². The van der Waals surface area contributed by atoms with Crippen LogP contribution in [-0.4, -0.2) is 43.5 Å². The van der Waals surface area contributed by atoms with Gasteiger partial charge in [-0.1, -0.05) is 40.7 Å². The molecule has 168 valence electrons. The molecule has 0 aromatic carbocycles. The van der Waals surface area contributed by atoms with E-state index in [9.17, 15) is 0 Å². The Morgan fingerprint density at radius 3 is 2.50 bits per heavy atom. The predicted molar refractivity (Wildman–Crippen MR) is 129 cm³/mol. The van der Waals surface area contributed by atoms with E-state index in [1.807, 2.05) is 12.4 Å². The molecule has 1 aliphatic heterocycles. The highest BCUT2D eigenvalue weighted by molar-refractivity contribution is 6.74. The normalized spacial score (nSPS) is 23.0. The number of anilines is 1. The van der Waals surface area contributed by atoms with E-state index in [4.69, 9.17) is 9.41 Å². The summed E-state index contributed by atoms with van der Waals surface area (Å²) in [6.07, 6.45) is 12.1. The lowest BCUT2D eigenvalue weighted by atomic mass is 9.92. The van der Waals surface area contributed by atoms with Gasteiger partial charge in [0.15, 0.2) is 8.32 Å². The minimum atomic E-state index is -1.82. The van der Waals surface area contributed by atoms with Crippen LogP contribution >= 0.6 is 0 Å². The van der Waals surface area contributed by atoms with Gasteiger partial charge in [-0.3, -0.25) is 4.98 Å². The Balaban J connectivity index is 1.79. The fourth-order valence-corrected chi connectivity index (χ4v) is 5.32. The van der Waals surface area contributed by atoms with Crippen molar-refractivity contribution in [2.24, 2.45) is 5.92 Å². The standard InChI is InChI=1S/C24H42N4OSi/c1-17(2)14-20-22(29-30(7,8)24(3,4)5)13-12-19(26-20)21-15-25-16-23(27-21)28(6)18-10-9-11-18/h12,15-18,20,22,26H,9-11,13-14H2,1-8H3/t20-,22+/m1/s1. The maximum atomic E-state index is 6.84. The third-order valence-corrected chi connectivity index (χ3v) is 11.7. The zero-order valence-electron chi connectivity index (χ0n) is 20.3. The van der Waals surface area contributed by atoms with Crippen LogP contribution in [0.4, 0.5) is 5.82 Å². The fraction of sp³-hybridized carbons (Fsp3) is 0.750. The summed E-state index contributed by atoms with van der Waals surface area (Å²) >= 11 is 0. The summed E-state index contributed by atoms with van der Waals surface area (Å²) in [4.78, 5) is 11.8. The van der Waals surface area contributed by atoms with Crippen LogP contribution < -0.4 is 10.2 Å². The lowest BCUT2D eigenvalue weighted by Gasteiger charge is -2.43. The molecular weight excluding hydrogens is 388 g/mol. The molecule has 5 nitrogen and oxygen atoms in total. The molecule has 0 saturated heterocycles. The summed E-state index contributed by atoms with van der Waals surface area (Å²) < 4.78 is 6.84. The SMILES string of the molecule is CC(C)C[C@H]1NC(c2cncc(N(C)C3CCC3)n2)=CC[C@@H]1O[Si](C)(C)C(C)(C)C. The highest BCUT2D eigenvalue weighted by atomic mass is 28.4. The van der Waals surface area contributed by atoms with Crippen molar-refractivity contribution in [3.63, 3.8) is 0 Å². The Labute approximate surface area is 184 Å². The van der Waals surface area contributed by atoms with Crippen LogP contribution in [0.5, 0.6) is 0 Å². The topological polar surface area (TPSA) is 50.3 Å². The minimum Gasteiger partial charge on any atom is -0.412 e. The second kappa shape index (κ2) is 8.99.